The van der Waals surface area contributed by atoms with Crippen molar-refractivity contribution in [2.75, 3.05) is 38.1 Å². The van der Waals surface area contributed by atoms with Crippen molar-refractivity contribution in [3.63, 3.8) is 0 Å². The number of aliphatic hydroxyl groups is 1. The highest BCUT2D eigenvalue weighted by Crippen LogP contribution is 2.26. The van der Waals surface area contributed by atoms with Gasteiger partial charge in [0.1, 0.15) is 0 Å². The zero-order valence-electron chi connectivity index (χ0n) is 14.5. The second-order valence-corrected chi connectivity index (χ2v) is 6.28. The van der Waals surface area contributed by atoms with Gasteiger partial charge in [0, 0.05) is 51.1 Å². The number of benzene rings is 2. The fourth-order valence-corrected chi connectivity index (χ4v) is 3.30. The summed E-state index contributed by atoms with van der Waals surface area (Å²) in [6, 6.07) is 19.4. The van der Waals surface area contributed by atoms with Gasteiger partial charge in [-0.3, -0.25) is 4.90 Å². The molecule has 1 fully saturated rings. The molecule has 136 valence electrons. The first-order chi connectivity index (χ1) is 11.9. The Labute approximate surface area is 156 Å². The van der Waals surface area contributed by atoms with Gasteiger partial charge in [-0.15, -0.1) is 12.4 Å². The lowest BCUT2D eigenvalue weighted by atomic mass is 10.0. The van der Waals surface area contributed by atoms with E-state index >= 15 is 0 Å². The van der Waals surface area contributed by atoms with Crippen LogP contribution in [-0.4, -0.2) is 42.8 Å². The summed E-state index contributed by atoms with van der Waals surface area (Å²) in [5.74, 6) is 0. The highest BCUT2D eigenvalue weighted by molar-refractivity contribution is 5.85. The molecule has 3 rings (SSSR count). The molecule has 1 aliphatic heterocycles. The van der Waals surface area contributed by atoms with Crippen LogP contribution < -0.4 is 10.6 Å². The second-order valence-electron chi connectivity index (χ2n) is 6.28. The number of halogens is 1. The van der Waals surface area contributed by atoms with Gasteiger partial charge in [0.25, 0.3) is 0 Å². The number of piperazine rings is 1. The molecule has 1 heterocycles. The van der Waals surface area contributed by atoms with Gasteiger partial charge in [0.2, 0.25) is 0 Å². The van der Waals surface area contributed by atoms with Crippen LogP contribution in [0.3, 0.4) is 0 Å². The molecule has 1 saturated heterocycles. The average molecular weight is 362 g/mol. The first kappa shape index (κ1) is 19.7. The van der Waals surface area contributed by atoms with Crippen LogP contribution in [0.5, 0.6) is 0 Å². The van der Waals surface area contributed by atoms with E-state index < -0.39 is 0 Å². The van der Waals surface area contributed by atoms with Crippen LogP contribution in [0.25, 0.3) is 0 Å². The number of anilines is 1. The summed E-state index contributed by atoms with van der Waals surface area (Å²) in [5.41, 5.74) is 3.70. The molecule has 5 heteroatoms. The van der Waals surface area contributed by atoms with E-state index in [0.717, 1.165) is 44.8 Å². The maximum absolute atomic E-state index is 9.44. The largest absolute Gasteiger partial charge is 0.396 e. The van der Waals surface area contributed by atoms with Crippen molar-refractivity contribution in [1.29, 1.82) is 0 Å². The molecule has 0 aliphatic carbocycles. The molecular weight excluding hydrogens is 334 g/mol. The number of nitrogens with zero attached hydrogens (tertiary/aromatic N) is 1. The van der Waals surface area contributed by atoms with Crippen LogP contribution in [0.1, 0.15) is 23.6 Å². The molecule has 2 aromatic rings. The Hall–Kier alpha value is -1.59. The monoisotopic (exact) mass is 361 g/mol. The summed E-state index contributed by atoms with van der Waals surface area (Å²) in [5, 5.41) is 16.3. The molecule has 0 aromatic heterocycles. The molecule has 0 spiro atoms. The van der Waals surface area contributed by atoms with Crippen molar-refractivity contribution in [1.82, 2.24) is 10.2 Å². The minimum Gasteiger partial charge on any atom is -0.396 e. The van der Waals surface area contributed by atoms with Crippen molar-refractivity contribution in [2.24, 2.45) is 0 Å². The number of nitrogens with one attached hydrogen (secondary N) is 2. The van der Waals surface area contributed by atoms with Crippen molar-refractivity contribution in [3.8, 4) is 0 Å². The van der Waals surface area contributed by atoms with E-state index in [1.54, 1.807) is 0 Å². The Morgan fingerprint density at radius 2 is 1.68 bits per heavy atom. The fraction of sp³-hybridized carbons (Fsp3) is 0.400. The van der Waals surface area contributed by atoms with E-state index in [9.17, 15) is 5.11 Å². The van der Waals surface area contributed by atoms with Crippen LogP contribution in [0.15, 0.2) is 54.6 Å². The van der Waals surface area contributed by atoms with E-state index in [0.29, 0.717) is 6.04 Å². The van der Waals surface area contributed by atoms with Gasteiger partial charge in [-0.1, -0.05) is 42.5 Å². The van der Waals surface area contributed by atoms with Crippen LogP contribution in [-0.2, 0) is 6.54 Å². The molecule has 0 radical (unpaired) electrons. The van der Waals surface area contributed by atoms with E-state index in [4.69, 9.17) is 0 Å². The van der Waals surface area contributed by atoms with Crippen LogP contribution >= 0.6 is 12.4 Å². The summed E-state index contributed by atoms with van der Waals surface area (Å²) >= 11 is 0. The van der Waals surface area contributed by atoms with Gasteiger partial charge in [-0.25, -0.2) is 0 Å². The zero-order chi connectivity index (χ0) is 16.6. The van der Waals surface area contributed by atoms with Gasteiger partial charge in [-0.05, 0) is 29.7 Å². The van der Waals surface area contributed by atoms with Gasteiger partial charge >= 0.3 is 0 Å². The number of rotatable bonds is 7. The Morgan fingerprint density at radius 3 is 2.32 bits per heavy atom. The molecule has 0 saturated carbocycles. The number of hydrogen-bond acceptors (Lipinski definition) is 4. The third-order valence-corrected chi connectivity index (χ3v) is 4.63. The quantitative estimate of drug-likeness (QED) is 0.709. The van der Waals surface area contributed by atoms with Crippen molar-refractivity contribution in [3.05, 3.63) is 65.7 Å². The van der Waals surface area contributed by atoms with Gasteiger partial charge < -0.3 is 15.7 Å². The van der Waals surface area contributed by atoms with E-state index in [-0.39, 0.29) is 19.0 Å². The molecular formula is C20H28ClN3O. The van der Waals surface area contributed by atoms with Crippen molar-refractivity contribution in [2.45, 2.75) is 19.0 Å². The maximum Gasteiger partial charge on any atom is 0.0449 e. The summed E-state index contributed by atoms with van der Waals surface area (Å²) < 4.78 is 0. The zero-order valence-corrected chi connectivity index (χ0v) is 15.3. The van der Waals surface area contributed by atoms with Crippen LogP contribution in [0.2, 0.25) is 0 Å². The smallest absolute Gasteiger partial charge is 0.0449 e. The number of hydrogen-bond donors (Lipinski definition) is 3. The molecule has 0 bridgehead atoms. The van der Waals surface area contributed by atoms with Gasteiger partial charge in [0.15, 0.2) is 0 Å². The predicted octanol–water partition coefficient (Wildman–Crippen LogP) is 3.05. The minimum atomic E-state index is 0. The highest BCUT2D eigenvalue weighted by atomic mass is 35.5. The van der Waals surface area contributed by atoms with Gasteiger partial charge in [0.05, 0.1) is 0 Å². The first-order valence-corrected chi connectivity index (χ1v) is 8.80. The van der Waals surface area contributed by atoms with Crippen molar-refractivity contribution < 1.29 is 5.11 Å². The van der Waals surface area contributed by atoms with Gasteiger partial charge in [-0.2, -0.15) is 0 Å². The highest BCUT2D eigenvalue weighted by Gasteiger charge is 2.21. The topological polar surface area (TPSA) is 47.5 Å². The predicted molar refractivity (Wildman–Crippen MR) is 106 cm³/mol. The lowest BCUT2D eigenvalue weighted by Crippen LogP contribution is -2.45. The molecule has 2 aromatic carbocycles. The standard InChI is InChI=1S/C20H27N3O.ClH/c24-15-10-20(23-13-11-21-12-14-23)18-6-8-19(9-7-18)22-16-17-4-2-1-3-5-17;/h1-9,20-22,24H,10-16H2;1H/t20-;/m1./s1. The van der Waals surface area contributed by atoms with Crippen molar-refractivity contribution >= 4 is 18.1 Å². The molecule has 25 heavy (non-hydrogen) atoms. The third kappa shape index (κ3) is 5.72. The normalized spacial score (nSPS) is 16.0. The Balaban J connectivity index is 0.00000225. The van der Waals surface area contributed by atoms with Crippen LogP contribution in [0.4, 0.5) is 5.69 Å². The fourth-order valence-electron chi connectivity index (χ4n) is 3.30. The summed E-state index contributed by atoms with van der Waals surface area (Å²) in [6.07, 6.45) is 0.788. The molecule has 3 N–H and O–H groups in total. The summed E-state index contributed by atoms with van der Waals surface area (Å²) in [7, 11) is 0. The first-order valence-electron chi connectivity index (χ1n) is 8.80. The molecule has 1 aliphatic rings. The maximum atomic E-state index is 9.44. The minimum absolute atomic E-state index is 0. The molecule has 0 amide bonds. The second kappa shape index (κ2) is 10.4. The van der Waals surface area contributed by atoms with E-state index in [1.807, 2.05) is 6.07 Å². The number of aliphatic hydroxyl groups excluding tert-OH is 1. The molecule has 1 atom stereocenters. The molecule has 4 nitrogen and oxygen atoms in total. The van der Waals surface area contributed by atoms with E-state index in [2.05, 4.69) is 64.1 Å². The third-order valence-electron chi connectivity index (χ3n) is 4.63. The average Bonchev–Trinajstić information content (AvgIpc) is 2.66. The lowest BCUT2D eigenvalue weighted by Gasteiger charge is -2.35. The Morgan fingerprint density at radius 1 is 1.00 bits per heavy atom. The SMILES string of the molecule is Cl.OCC[C@H](c1ccc(NCc2ccccc2)cc1)N1CCNCC1. The summed E-state index contributed by atoms with van der Waals surface area (Å²) in [4.78, 5) is 2.47. The van der Waals surface area contributed by atoms with E-state index in [1.165, 1.54) is 11.1 Å². The van der Waals surface area contributed by atoms with Crippen LogP contribution in [0, 0.1) is 0 Å². The lowest BCUT2D eigenvalue weighted by molar-refractivity contribution is 0.141. The molecule has 0 unspecified atom stereocenters. The Bertz CT molecular complexity index is 600. The summed E-state index contributed by atoms with van der Waals surface area (Å²) in [6.45, 7) is 5.19. The Kier molecular flexibility index (Phi) is 8.22.